The first-order valence-corrected chi connectivity index (χ1v) is 6.73. The molecule has 2 nitrogen and oxygen atoms in total. The zero-order valence-corrected chi connectivity index (χ0v) is 11.1. The van der Waals surface area contributed by atoms with Crippen LogP contribution in [0, 0.1) is 0 Å². The number of rotatable bonds is 8. The highest BCUT2D eigenvalue weighted by molar-refractivity contribution is 7.09. The number of thiophene rings is 1. The Labute approximate surface area is 109 Å². The Bertz CT molecular complexity index is 314. The highest BCUT2D eigenvalue weighted by Gasteiger charge is 2.27. The maximum absolute atomic E-state index is 11.9. The van der Waals surface area contributed by atoms with Gasteiger partial charge in [-0.15, -0.1) is 11.3 Å². The number of hydrogen-bond acceptors (Lipinski definition) is 3. The van der Waals surface area contributed by atoms with Crippen LogP contribution in [0.15, 0.2) is 17.5 Å². The third kappa shape index (κ3) is 6.98. The van der Waals surface area contributed by atoms with Crippen molar-refractivity contribution in [3.05, 3.63) is 22.4 Å². The summed E-state index contributed by atoms with van der Waals surface area (Å²) in [6.45, 7) is -1.02. The second kappa shape index (κ2) is 7.76. The molecule has 0 radical (unpaired) electrons. The van der Waals surface area contributed by atoms with Gasteiger partial charge in [-0.05, 0) is 37.8 Å². The lowest BCUT2D eigenvalue weighted by Gasteiger charge is -2.16. The number of nitrogens with one attached hydrogen (secondary N) is 1. The lowest BCUT2D eigenvalue weighted by atomic mass is 10.1. The fourth-order valence-electron chi connectivity index (χ4n) is 1.62. The molecule has 1 unspecified atom stereocenters. The summed E-state index contributed by atoms with van der Waals surface area (Å²) in [4.78, 5) is 1.30. The standard InChI is InChI=1S/C12H18F3NOS/c1-16-10(4-5-11-3-2-8-18-11)6-7-17-9-12(13,14)15/h2-3,8,10,16H,4-7,9H2,1H3. The third-order valence-corrected chi connectivity index (χ3v) is 3.54. The van der Waals surface area contributed by atoms with Crippen molar-refractivity contribution in [2.45, 2.75) is 31.5 Å². The maximum Gasteiger partial charge on any atom is 0.411 e. The maximum atomic E-state index is 11.9. The molecule has 0 aromatic carbocycles. The van der Waals surface area contributed by atoms with Gasteiger partial charge in [0.05, 0.1) is 0 Å². The Morgan fingerprint density at radius 3 is 2.72 bits per heavy atom. The molecule has 0 saturated carbocycles. The molecule has 1 N–H and O–H groups in total. The van der Waals surface area contributed by atoms with Crippen molar-refractivity contribution in [2.24, 2.45) is 0 Å². The summed E-state index contributed by atoms with van der Waals surface area (Å²) in [5.41, 5.74) is 0. The van der Waals surface area contributed by atoms with Gasteiger partial charge in [-0.2, -0.15) is 13.2 Å². The van der Waals surface area contributed by atoms with Crippen LogP contribution in [0.25, 0.3) is 0 Å². The van der Waals surface area contributed by atoms with E-state index in [1.807, 2.05) is 18.5 Å². The molecule has 104 valence electrons. The first-order valence-electron chi connectivity index (χ1n) is 5.85. The lowest BCUT2D eigenvalue weighted by molar-refractivity contribution is -0.174. The van der Waals surface area contributed by atoms with Crippen LogP contribution >= 0.6 is 11.3 Å². The van der Waals surface area contributed by atoms with Crippen molar-refractivity contribution in [3.8, 4) is 0 Å². The average molecular weight is 281 g/mol. The Morgan fingerprint density at radius 2 is 2.17 bits per heavy atom. The van der Waals surface area contributed by atoms with Gasteiger partial charge in [0.1, 0.15) is 6.61 Å². The van der Waals surface area contributed by atoms with E-state index < -0.39 is 12.8 Å². The summed E-state index contributed by atoms with van der Waals surface area (Å²) in [5, 5.41) is 5.13. The van der Waals surface area contributed by atoms with Crippen molar-refractivity contribution >= 4 is 11.3 Å². The molecule has 0 aliphatic rings. The molecule has 1 rings (SSSR count). The highest BCUT2D eigenvalue weighted by Crippen LogP contribution is 2.15. The molecule has 18 heavy (non-hydrogen) atoms. The second-order valence-electron chi connectivity index (χ2n) is 4.06. The molecule has 0 fully saturated rings. The van der Waals surface area contributed by atoms with Crippen molar-refractivity contribution in [1.82, 2.24) is 5.32 Å². The van der Waals surface area contributed by atoms with Crippen LogP contribution in [0.5, 0.6) is 0 Å². The van der Waals surface area contributed by atoms with E-state index in [0.29, 0.717) is 6.42 Å². The van der Waals surface area contributed by atoms with Gasteiger partial charge in [0.25, 0.3) is 0 Å². The van der Waals surface area contributed by atoms with Crippen molar-refractivity contribution in [1.29, 1.82) is 0 Å². The van der Waals surface area contributed by atoms with E-state index in [1.54, 1.807) is 11.3 Å². The fraction of sp³-hybridized carbons (Fsp3) is 0.667. The molecule has 0 bridgehead atoms. The molecule has 1 aromatic rings. The molecule has 0 aliphatic heterocycles. The Kier molecular flexibility index (Phi) is 6.67. The molecule has 1 aromatic heterocycles. The fourth-order valence-corrected chi connectivity index (χ4v) is 2.34. The Balaban J connectivity index is 2.13. The average Bonchev–Trinajstić information content (AvgIpc) is 2.79. The van der Waals surface area contributed by atoms with E-state index in [1.165, 1.54) is 4.88 Å². The largest absolute Gasteiger partial charge is 0.411 e. The van der Waals surface area contributed by atoms with Crippen LogP contribution in [0.4, 0.5) is 13.2 Å². The minimum absolute atomic E-state index is 0.134. The normalized spacial score (nSPS) is 13.8. The zero-order valence-electron chi connectivity index (χ0n) is 10.3. The molecule has 1 heterocycles. The third-order valence-electron chi connectivity index (χ3n) is 2.60. The number of ether oxygens (including phenoxy) is 1. The monoisotopic (exact) mass is 281 g/mol. The first kappa shape index (κ1) is 15.5. The number of alkyl halides is 3. The number of aryl methyl sites for hydroxylation is 1. The molecule has 1 atom stereocenters. The lowest BCUT2D eigenvalue weighted by Crippen LogP contribution is -2.28. The van der Waals surface area contributed by atoms with Gasteiger partial charge in [0.15, 0.2) is 0 Å². The summed E-state index contributed by atoms with van der Waals surface area (Å²) >= 11 is 1.70. The quantitative estimate of drug-likeness (QED) is 0.739. The van der Waals surface area contributed by atoms with E-state index in [-0.39, 0.29) is 12.6 Å². The Hall–Kier alpha value is -0.590. The van der Waals surface area contributed by atoms with Crippen LogP contribution in [0.3, 0.4) is 0 Å². The minimum Gasteiger partial charge on any atom is -0.372 e. The molecule has 0 amide bonds. The molecule has 6 heteroatoms. The van der Waals surface area contributed by atoms with Crippen molar-refractivity contribution in [3.63, 3.8) is 0 Å². The predicted octanol–water partition coefficient (Wildman–Crippen LogP) is 3.24. The van der Waals surface area contributed by atoms with Gasteiger partial charge in [-0.25, -0.2) is 0 Å². The van der Waals surface area contributed by atoms with Gasteiger partial charge in [0.2, 0.25) is 0 Å². The topological polar surface area (TPSA) is 21.3 Å². The first-order chi connectivity index (χ1) is 8.51. The highest BCUT2D eigenvalue weighted by atomic mass is 32.1. The van der Waals surface area contributed by atoms with E-state index >= 15 is 0 Å². The zero-order chi connectivity index (χ0) is 13.4. The summed E-state index contributed by atoms with van der Waals surface area (Å²) < 4.78 is 40.2. The van der Waals surface area contributed by atoms with Gasteiger partial charge in [0, 0.05) is 17.5 Å². The van der Waals surface area contributed by atoms with Crippen molar-refractivity contribution < 1.29 is 17.9 Å². The van der Waals surface area contributed by atoms with Crippen LogP contribution < -0.4 is 5.32 Å². The summed E-state index contributed by atoms with van der Waals surface area (Å²) in [5.74, 6) is 0. The van der Waals surface area contributed by atoms with E-state index in [2.05, 4.69) is 16.1 Å². The predicted molar refractivity (Wildman–Crippen MR) is 67.0 cm³/mol. The van der Waals surface area contributed by atoms with Gasteiger partial charge < -0.3 is 10.1 Å². The summed E-state index contributed by atoms with van der Waals surface area (Å²) in [7, 11) is 1.82. The van der Waals surface area contributed by atoms with Crippen LogP contribution in [0.1, 0.15) is 17.7 Å². The van der Waals surface area contributed by atoms with Crippen molar-refractivity contribution in [2.75, 3.05) is 20.3 Å². The molecular formula is C12H18F3NOS. The van der Waals surface area contributed by atoms with Crippen LogP contribution in [-0.2, 0) is 11.2 Å². The SMILES string of the molecule is CNC(CCOCC(F)(F)F)CCc1cccs1. The smallest absolute Gasteiger partial charge is 0.372 e. The molecule has 0 spiro atoms. The molecular weight excluding hydrogens is 263 g/mol. The summed E-state index contributed by atoms with van der Waals surface area (Å²) in [6, 6.07) is 4.26. The molecule has 0 saturated heterocycles. The van der Waals surface area contributed by atoms with Crippen LogP contribution in [0.2, 0.25) is 0 Å². The van der Waals surface area contributed by atoms with Crippen LogP contribution in [-0.4, -0.2) is 32.5 Å². The van der Waals surface area contributed by atoms with E-state index in [9.17, 15) is 13.2 Å². The van der Waals surface area contributed by atoms with Gasteiger partial charge in [-0.1, -0.05) is 6.07 Å². The summed E-state index contributed by atoms with van der Waals surface area (Å²) in [6.07, 6.45) is -1.78. The minimum atomic E-state index is -4.23. The molecule has 0 aliphatic carbocycles. The number of halogens is 3. The second-order valence-corrected chi connectivity index (χ2v) is 5.09. The Morgan fingerprint density at radius 1 is 1.39 bits per heavy atom. The number of hydrogen-bond donors (Lipinski definition) is 1. The van der Waals surface area contributed by atoms with E-state index in [4.69, 9.17) is 0 Å². The van der Waals surface area contributed by atoms with Gasteiger partial charge in [-0.3, -0.25) is 0 Å². The van der Waals surface area contributed by atoms with E-state index in [0.717, 1.165) is 12.8 Å². The van der Waals surface area contributed by atoms with Gasteiger partial charge >= 0.3 is 6.18 Å².